The topological polar surface area (TPSA) is 66.5 Å². The van der Waals surface area contributed by atoms with Crippen LogP contribution in [0.4, 0.5) is 18.9 Å². The Balaban J connectivity index is 3.25. The fraction of sp³-hybridized carbons (Fsp3) is 0.400. The minimum Gasteiger partial charge on any atom is -0.399 e. The number of benzene rings is 1. The molecule has 0 aromatic heterocycles. The summed E-state index contributed by atoms with van der Waals surface area (Å²) in [4.78, 5) is 0. The first-order valence-electron chi connectivity index (χ1n) is 4.66. The van der Waals surface area contributed by atoms with Crippen molar-refractivity contribution >= 4 is 21.6 Å². The highest BCUT2D eigenvalue weighted by atomic mass is 79.9. The van der Waals surface area contributed by atoms with E-state index in [1.807, 2.05) is 0 Å². The molecule has 0 bridgehead atoms. The number of hydrogen-bond donors (Lipinski definition) is 3. The SMILES string of the molecule is Nc1ccc(C(F)(F)F)c(C(O)C(O)CBr)c1. The van der Waals surface area contributed by atoms with E-state index >= 15 is 0 Å². The van der Waals surface area contributed by atoms with Crippen molar-refractivity contribution in [3.63, 3.8) is 0 Å². The quantitative estimate of drug-likeness (QED) is 0.591. The Hall–Kier alpha value is -0.790. The molecule has 0 saturated heterocycles. The van der Waals surface area contributed by atoms with Crippen LogP contribution < -0.4 is 5.73 Å². The van der Waals surface area contributed by atoms with Gasteiger partial charge in [-0.1, -0.05) is 15.9 Å². The Morgan fingerprint density at radius 2 is 1.88 bits per heavy atom. The van der Waals surface area contributed by atoms with Crippen molar-refractivity contribution in [3.8, 4) is 0 Å². The van der Waals surface area contributed by atoms with Gasteiger partial charge in [-0.2, -0.15) is 13.2 Å². The summed E-state index contributed by atoms with van der Waals surface area (Å²) in [6, 6.07) is 2.90. The first-order chi connectivity index (χ1) is 7.77. The molecule has 0 amide bonds. The van der Waals surface area contributed by atoms with E-state index in [9.17, 15) is 23.4 Å². The van der Waals surface area contributed by atoms with Crippen molar-refractivity contribution in [2.24, 2.45) is 0 Å². The number of nitrogens with two attached hydrogens (primary N) is 1. The van der Waals surface area contributed by atoms with Crippen LogP contribution in [0.2, 0.25) is 0 Å². The maximum absolute atomic E-state index is 12.7. The average Bonchev–Trinajstić information content (AvgIpc) is 2.25. The van der Waals surface area contributed by atoms with Gasteiger partial charge in [0.05, 0.1) is 11.7 Å². The van der Waals surface area contributed by atoms with Crippen LogP contribution in [-0.2, 0) is 6.18 Å². The number of rotatable bonds is 3. The summed E-state index contributed by atoms with van der Waals surface area (Å²) in [6.07, 6.45) is -7.58. The standard InChI is InChI=1S/C10H11BrF3NO2/c11-4-8(16)9(17)6-3-5(15)1-2-7(6)10(12,13)14/h1-3,8-9,16-17H,4,15H2. The summed E-state index contributed by atoms with van der Waals surface area (Å²) in [6.45, 7) is 0. The molecule has 0 aliphatic rings. The molecular weight excluding hydrogens is 303 g/mol. The molecule has 0 aliphatic carbocycles. The molecule has 0 aliphatic heterocycles. The fourth-order valence-electron chi connectivity index (χ4n) is 1.38. The number of aliphatic hydroxyl groups excluding tert-OH is 2. The molecule has 0 radical (unpaired) electrons. The van der Waals surface area contributed by atoms with Gasteiger partial charge in [-0.25, -0.2) is 0 Å². The lowest BCUT2D eigenvalue weighted by Crippen LogP contribution is -2.23. The Morgan fingerprint density at radius 3 is 2.35 bits per heavy atom. The van der Waals surface area contributed by atoms with Gasteiger partial charge < -0.3 is 15.9 Å². The third-order valence-electron chi connectivity index (χ3n) is 2.22. The molecule has 1 aromatic rings. The Morgan fingerprint density at radius 1 is 1.29 bits per heavy atom. The van der Waals surface area contributed by atoms with Gasteiger partial charge in [0.1, 0.15) is 6.10 Å². The zero-order valence-electron chi connectivity index (χ0n) is 8.58. The second-order valence-electron chi connectivity index (χ2n) is 3.51. The second-order valence-corrected chi connectivity index (χ2v) is 4.16. The van der Waals surface area contributed by atoms with Crippen molar-refractivity contribution in [1.82, 2.24) is 0 Å². The lowest BCUT2D eigenvalue weighted by atomic mass is 9.98. The number of nitrogen functional groups attached to an aromatic ring is 1. The van der Waals surface area contributed by atoms with Gasteiger partial charge in [-0.05, 0) is 23.8 Å². The van der Waals surface area contributed by atoms with Gasteiger partial charge in [0, 0.05) is 11.0 Å². The summed E-state index contributed by atoms with van der Waals surface area (Å²) in [5.41, 5.74) is 4.04. The Bertz CT molecular complexity index is 398. The molecule has 17 heavy (non-hydrogen) atoms. The van der Waals surface area contributed by atoms with Crippen molar-refractivity contribution < 1.29 is 23.4 Å². The number of anilines is 1. The molecule has 0 spiro atoms. The van der Waals surface area contributed by atoms with E-state index < -0.39 is 29.5 Å². The second kappa shape index (κ2) is 5.24. The first-order valence-corrected chi connectivity index (χ1v) is 5.78. The molecule has 7 heteroatoms. The Labute approximate surface area is 104 Å². The van der Waals surface area contributed by atoms with E-state index in [0.717, 1.165) is 18.2 Å². The number of halogens is 4. The van der Waals surface area contributed by atoms with Crippen LogP contribution in [0.15, 0.2) is 18.2 Å². The van der Waals surface area contributed by atoms with Crippen molar-refractivity contribution in [2.75, 3.05) is 11.1 Å². The van der Waals surface area contributed by atoms with E-state index in [1.54, 1.807) is 0 Å². The Kier molecular flexibility index (Phi) is 4.40. The zero-order chi connectivity index (χ0) is 13.2. The lowest BCUT2D eigenvalue weighted by molar-refractivity contribution is -0.139. The fourth-order valence-corrected chi connectivity index (χ4v) is 1.73. The highest BCUT2D eigenvalue weighted by Crippen LogP contribution is 2.36. The van der Waals surface area contributed by atoms with E-state index in [2.05, 4.69) is 15.9 Å². The van der Waals surface area contributed by atoms with Crippen LogP contribution in [0, 0.1) is 0 Å². The number of hydrogen-bond acceptors (Lipinski definition) is 3. The highest BCUT2D eigenvalue weighted by Gasteiger charge is 2.36. The van der Waals surface area contributed by atoms with Crippen LogP contribution in [-0.4, -0.2) is 21.6 Å². The third kappa shape index (κ3) is 3.34. The van der Waals surface area contributed by atoms with Crippen molar-refractivity contribution in [2.45, 2.75) is 18.4 Å². The minimum atomic E-state index is -4.60. The smallest absolute Gasteiger partial charge is 0.399 e. The summed E-state index contributed by atoms with van der Waals surface area (Å²) in [7, 11) is 0. The van der Waals surface area contributed by atoms with Crippen molar-refractivity contribution in [1.29, 1.82) is 0 Å². The van der Waals surface area contributed by atoms with Crippen LogP contribution in [0.5, 0.6) is 0 Å². The molecule has 2 atom stereocenters. The van der Waals surface area contributed by atoms with Gasteiger partial charge in [-0.3, -0.25) is 0 Å². The number of alkyl halides is 4. The maximum Gasteiger partial charge on any atom is 0.416 e. The van der Waals surface area contributed by atoms with Gasteiger partial charge in [0.2, 0.25) is 0 Å². The summed E-state index contributed by atoms with van der Waals surface area (Å²) in [5, 5.41) is 18.9. The van der Waals surface area contributed by atoms with Gasteiger partial charge in [0.25, 0.3) is 0 Å². The predicted octanol–water partition coefficient (Wildman–Crippen LogP) is 2.08. The first kappa shape index (κ1) is 14.3. The molecular formula is C10H11BrF3NO2. The van der Waals surface area contributed by atoms with Gasteiger partial charge in [-0.15, -0.1) is 0 Å². The molecule has 1 aromatic carbocycles. The summed E-state index contributed by atoms with van der Waals surface area (Å²) in [5.74, 6) is 0. The molecule has 0 fully saturated rings. The molecule has 96 valence electrons. The van der Waals surface area contributed by atoms with Crippen LogP contribution in [0.1, 0.15) is 17.2 Å². The van der Waals surface area contributed by atoms with Crippen molar-refractivity contribution in [3.05, 3.63) is 29.3 Å². The lowest BCUT2D eigenvalue weighted by Gasteiger charge is -2.21. The average molecular weight is 314 g/mol. The molecule has 2 unspecified atom stereocenters. The maximum atomic E-state index is 12.7. The largest absolute Gasteiger partial charge is 0.416 e. The van der Waals surface area contributed by atoms with E-state index in [4.69, 9.17) is 5.73 Å². The zero-order valence-corrected chi connectivity index (χ0v) is 10.2. The molecule has 0 heterocycles. The molecule has 3 nitrogen and oxygen atoms in total. The summed E-state index contributed by atoms with van der Waals surface area (Å²) >= 11 is 2.88. The van der Waals surface area contributed by atoms with Gasteiger partial charge in [0.15, 0.2) is 0 Å². The van der Waals surface area contributed by atoms with E-state index in [-0.39, 0.29) is 11.0 Å². The highest BCUT2D eigenvalue weighted by molar-refractivity contribution is 9.09. The molecule has 0 saturated carbocycles. The molecule has 4 N–H and O–H groups in total. The molecule has 1 rings (SSSR count). The predicted molar refractivity (Wildman–Crippen MR) is 60.6 cm³/mol. The van der Waals surface area contributed by atoms with Gasteiger partial charge >= 0.3 is 6.18 Å². The van der Waals surface area contributed by atoms with E-state index in [0.29, 0.717) is 0 Å². The monoisotopic (exact) mass is 313 g/mol. The normalized spacial score (nSPS) is 15.6. The third-order valence-corrected chi connectivity index (χ3v) is 2.89. The number of aliphatic hydroxyl groups is 2. The van der Waals surface area contributed by atoms with E-state index in [1.165, 1.54) is 0 Å². The van der Waals surface area contributed by atoms with Crippen LogP contribution in [0.3, 0.4) is 0 Å². The van der Waals surface area contributed by atoms with Crippen LogP contribution in [0.25, 0.3) is 0 Å². The minimum absolute atomic E-state index is 0.0414. The van der Waals surface area contributed by atoms with Crippen LogP contribution >= 0.6 is 15.9 Å². The summed E-state index contributed by atoms with van der Waals surface area (Å²) < 4.78 is 38.0.